The van der Waals surface area contributed by atoms with Gasteiger partial charge in [0.15, 0.2) is 5.16 Å². The summed E-state index contributed by atoms with van der Waals surface area (Å²) in [5, 5.41) is 12.5. The smallest absolute Gasteiger partial charge is 0.242 e. The largest absolute Gasteiger partial charge is 0.394 e. The Morgan fingerprint density at radius 1 is 1.14 bits per heavy atom. The number of benzene rings is 1. The van der Waals surface area contributed by atoms with Crippen LogP contribution in [0.1, 0.15) is 38.0 Å². The first kappa shape index (κ1) is 23.3. The van der Waals surface area contributed by atoms with E-state index in [1.54, 1.807) is 25.1 Å². The minimum Gasteiger partial charge on any atom is -0.394 e. The van der Waals surface area contributed by atoms with Gasteiger partial charge in [0, 0.05) is 10.8 Å². The number of sulfonamides is 1. The van der Waals surface area contributed by atoms with Gasteiger partial charge in [-0.1, -0.05) is 43.8 Å². The van der Waals surface area contributed by atoms with Crippen LogP contribution >= 0.6 is 11.8 Å². The minimum absolute atomic E-state index is 0.132. The first-order valence-electron chi connectivity index (χ1n) is 9.09. The summed E-state index contributed by atoms with van der Waals surface area (Å²) in [6.07, 6.45) is 1.67. The molecule has 29 heavy (non-hydrogen) atoms. The minimum atomic E-state index is -3.60. The van der Waals surface area contributed by atoms with Crippen molar-refractivity contribution in [2.24, 2.45) is 5.92 Å². The third-order valence-electron chi connectivity index (χ3n) is 3.83. The molecule has 0 spiro atoms. The SMILES string of the molecule is CC(C)C[C@H](CO)Nc1nc(NS(C)(=O)=O)nc(S[C@H](C)c2ccccc2F)n1. The second-order valence-corrected chi connectivity index (χ2v) is 10.1. The fourth-order valence-corrected chi connectivity index (χ4v) is 3.98. The van der Waals surface area contributed by atoms with Crippen LogP contribution in [0.5, 0.6) is 0 Å². The number of rotatable bonds is 10. The molecular weight excluding hydrogens is 417 g/mol. The molecule has 11 heteroatoms. The van der Waals surface area contributed by atoms with Crippen LogP contribution in [-0.4, -0.2) is 47.4 Å². The van der Waals surface area contributed by atoms with Gasteiger partial charge in [-0.05, 0) is 25.3 Å². The number of aliphatic hydroxyl groups is 1. The quantitative estimate of drug-likeness (QED) is 0.480. The zero-order valence-electron chi connectivity index (χ0n) is 16.8. The van der Waals surface area contributed by atoms with Gasteiger partial charge in [-0.15, -0.1) is 0 Å². The fourth-order valence-electron chi connectivity index (χ4n) is 2.64. The van der Waals surface area contributed by atoms with Gasteiger partial charge < -0.3 is 10.4 Å². The van der Waals surface area contributed by atoms with E-state index < -0.39 is 10.0 Å². The Hall–Kier alpha value is -1.98. The van der Waals surface area contributed by atoms with Gasteiger partial charge in [0.1, 0.15) is 5.82 Å². The van der Waals surface area contributed by atoms with Crippen LogP contribution in [0.4, 0.5) is 16.3 Å². The van der Waals surface area contributed by atoms with Crippen molar-refractivity contribution in [3.05, 3.63) is 35.6 Å². The lowest BCUT2D eigenvalue weighted by Gasteiger charge is -2.19. The van der Waals surface area contributed by atoms with E-state index in [4.69, 9.17) is 0 Å². The Morgan fingerprint density at radius 2 is 1.79 bits per heavy atom. The number of hydrogen-bond donors (Lipinski definition) is 3. The van der Waals surface area contributed by atoms with Crippen LogP contribution in [0.15, 0.2) is 29.4 Å². The lowest BCUT2D eigenvalue weighted by atomic mass is 10.0. The molecule has 0 saturated heterocycles. The molecule has 1 heterocycles. The molecule has 1 aromatic heterocycles. The van der Waals surface area contributed by atoms with Crippen LogP contribution in [-0.2, 0) is 10.0 Å². The topological polar surface area (TPSA) is 117 Å². The van der Waals surface area contributed by atoms with Crippen molar-refractivity contribution in [2.45, 2.75) is 43.6 Å². The summed E-state index contributed by atoms with van der Waals surface area (Å²) < 4.78 is 39.5. The molecule has 0 unspecified atom stereocenters. The molecule has 0 saturated carbocycles. The molecule has 0 aliphatic carbocycles. The second kappa shape index (κ2) is 10.2. The molecule has 3 N–H and O–H groups in total. The first-order chi connectivity index (χ1) is 13.6. The maximum absolute atomic E-state index is 14.1. The summed E-state index contributed by atoms with van der Waals surface area (Å²) in [5.41, 5.74) is 0.484. The number of thioether (sulfide) groups is 1. The highest BCUT2D eigenvalue weighted by Crippen LogP contribution is 2.34. The molecule has 0 amide bonds. The maximum Gasteiger partial charge on any atom is 0.242 e. The molecule has 2 aromatic rings. The molecule has 0 aliphatic rings. The lowest BCUT2D eigenvalue weighted by molar-refractivity contribution is 0.259. The predicted octanol–water partition coefficient (Wildman–Crippen LogP) is 3.05. The van der Waals surface area contributed by atoms with Crippen LogP contribution in [0.25, 0.3) is 0 Å². The second-order valence-electron chi connectivity index (χ2n) is 7.07. The summed E-state index contributed by atoms with van der Waals surface area (Å²) in [6.45, 7) is 5.71. The highest BCUT2D eigenvalue weighted by Gasteiger charge is 2.18. The summed E-state index contributed by atoms with van der Waals surface area (Å²) in [4.78, 5) is 12.5. The molecule has 0 bridgehead atoms. The van der Waals surface area contributed by atoms with Gasteiger partial charge in [0.2, 0.25) is 21.9 Å². The number of nitrogens with zero attached hydrogens (tertiary/aromatic N) is 3. The van der Waals surface area contributed by atoms with Gasteiger partial charge in [-0.3, -0.25) is 4.72 Å². The van der Waals surface area contributed by atoms with Gasteiger partial charge in [0.25, 0.3) is 0 Å². The van der Waals surface area contributed by atoms with Crippen LogP contribution in [0.3, 0.4) is 0 Å². The number of aliphatic hydroxyl groups excluding tert-OH is 1. The van der Waals surface area contributed by atoms with E-state index in [0.717, 1.165) is 6.26 Å². The average molecular weight is 444 g/mol. The van der Waals surface area contributed by atoms with E-state index in [1.165, 1.54) is 17.8 Å². The zero-order chi connectivity index (χ0) is 21.6. The third-order valence-corrected chi connectivity index (χ3v) is 5.38. The first-order valence-corrected chi connectivity index (χ1v) is 11.9. The van der Waals surface area contributed by atoms with Gasteiger partial charge in [-0.2, -0.15) is 15.0 Å². The van der Waals surface area contributed by atoms with E-state index in [0.29, 0.717) is 17.9 Å². The van der Waals surface area contributed by atoms with E-state index in [2.05, 4.69) is 25.0 Å². The Labute approximate surface area is 174 Å². The average Bonchev–Trinajstić information content (AvgIpc) is 2.59. The van der Waals surface area contributed by atoms with Crippen LogP contribution in [0, 0.1) is 11.7 Å². The number of nitrogens with one attached hydrogen (secondary N) is 2. The normalized spacial score (nSPS) is 13.9. The molecule has 2 atom stereocenters. The van der Waals surface area contributed by atoms with Crippen molar-refractivity contribution in [1.29, 1.82) is 0 Å². The molecular formula is C18H26FN5O3S2. The van der Waals surface area contributed by atoms with Crippen molar-refractivity contribution in [1.82, 2.24) is 15.0 Å². The summed E-state index contributed by atoms with van der Waals surface area (Å²) in [7, 11) is -3.60. The molecule has 1 aromatic carbocycles. The van der Waals surface area contributed by atoms with E-state index >= 15 is 0 Å². The molecule has 0 radical (unpaired) electrons. The van der Waals surface area contributed by atoms with Crippen molar-refractivity contribution < 1.29 is 17.9 Å². The van der Waals surface area contributed by atoms with Crippen molar-refractivity contribution in [3.63, 3.8) is 0 Å². The van der Waals surface area contributed by atoms with E-state index in [-0.39, 0.29) is 40.8 Å². The Morgan fingerprint density at radius 3 is 2.38 bits per heavy atom. The molecule has 160 valence electrons. The Kier molecular flexibility index (Phi) is 8.17. The Bertz CT molecular complexity index is 927. The zero-order valence-corrected chi connectivity index (χ0v) is 18.4. The molecule has 2 rings (SSSR count). The van der Waals surface area contributed by atoms with Crippen LogP contribution < -0.4 is 10.0 Å². The number of aromatic nitrogens is 3. The summed E-state index contributed by atoms with van der Waals surface area (Å²) in [6, 6.07) is 6.10. The third kappa shape index (κ3) is 7.75. The van der Waals surface area contributed by atoms with Crippen LogP contribution in [0.2, 0.25) is 0 Å². The summed E-state index contributed by atoms with van der Waals surface area (Å²) in [5.74, 6) is -0.0275. The van der Waals surface area contributed by atoms with Crippen molar-refractivity contribution in [2.75, 3.05) is 22.9 Å². The molecule has 0 fully saturated rings. The highest BCUT2D eigenvalue weighted by molar-refractivity contribution is 7.99. The number of hydrogen-bond acceptors (Lipinski definition) is 8. The highest BCUT2D eigenvalue weighted by atomic mass is 32.2. The summed E-state index contributed by atoms with van der Waals surface area (Å²) >= 11 is 1.17. The van der Waals surface area contributed by atoms with Crippen molar-refractivity contribution >= 4 is 33.7 Å². The van der Waals surface area contributed by atoms with E-state index in [1.807, 2.05) is 13.8 Å². The molecule has 8 nitrogen and oxygen atoms in total. The number of anilines is 2. The number of halogens is 1. The Balaban J connectivity index is 2.32. The lowest BCUT2D eigenvalue weighted by Crippen LogP contribution is -2.27. The van der Waals surface area contributed by atoms with Gasteiger partial charge in [0.05, 0.1) is 18.9 Å². The predicted molar refractivity (Wildman–Crippen MR) is 113 cm³/mol. The van der Waals surface area contributed by atoms with E-state index in [9.17, 15) is 17.9 Å². The maximum atomic E-state index is 14.1. The molecule has 0 aliphatic heterocycles. The van der Waals surface area contributed by atoms with Gasteiger partial charge >= 0.3 is 0 Å². The fraction of sp³-hybridized carbons (Fsp3) is 0.500. The van der Waals surface area contributed by atoms with Crippen molar-refractivity contribution in [3.8, 4) is 0 Å². The standard InChI is InChI=1S/C18H26FN5O3S2/c1-11(2)9-13(10-25)20-16-21-17(24-29(4,26)27)23-18(22-16)28-12(3)14-7-5-6-8-15(14)19/h5-8,11-13,25H,9-10H2,1-4H3,(H2,20,21,22,23,24)/t12-,13-/m1/s1. The monoisotopic (exact) mass is 443 g/mol. The van der Waals surface area contributed by atoms with Gasteiger partial charge in [-0.25, -0.2) is 12.8 Å².